The molecule has 0 unspecified atom stereocenters. The Hall–Kier alpha value is -3.19. The van der Waals surface area contributed by atoms with Gasteiger partial charge in [-0.25, -0.2) is 16.8 Å². The molecular weight excluding hydrogens is 670 g/mol. The molecule has 12 heteroatoms. The number of nitrogens with one attached hydrogen (secondary N) is 2. The summed E-state index contributed by atoms with van der Waals surface area (Å²) in [5.41, 5.74) is 1.93. The highest BCUT2D eigenvalue weighted by Crippen LogP contribution is 2.26. The minimum absolute atomic E-state index is 0.00172. The summed E-state index contributed by atoms with van der Waals surface area (Å²) in [5.74, 6) is -0.600. The van der Waals surface area contributed by atoms with Crippen LogP contribution in [0.5, 0.6) is 0 Å². The van der Waals surface area contributed by atoms with Gasteiger partial charge in [0.15, 0.2) is 0 Å². The van der Waals surface area contributed by atoms with Gasteiger partial charge in [0.2, 0.25) is 5.91 Å². The molecule has 0 bridgehead atoms. The molecule has 0 radical (unpaired) electrons. The van der Waals surface area contributed by atoms with Crippen molar-refractivity contribution < 1.29 is 21.6 Å². The Bertz CT molecular complexity index is 1680. The predicted molar refractivity (Wildman–Crippen MR) is 160 cm³/mol. The second-order valence-corrected chi connectivity index (χ2v) is 13.9. The number of anilines is 3. The first-order chi connectivity index (χ1) is 18.4. The van der Waals surface area contributed by atoms with Crippen LogP contribution in [-0.4, -0.2) is 29.3 Å². The van der Waals surface area contributed by atoms with Crippen LogP contribution in [0.15, 0.2) is 116 Å². The molecule has 39 heavy (non-hydrogen) atoms. The van der Waals surface area contributed by atoms with Crippen LogP contribution in [0.4, 0.5) is 17.1 Å². The molecular formula is C27H23Br2N3O5S2. The zero-order valence-corrected chi connectivity index (χ0v) is 25.3. The van der Waals surface area contributed by atoms with Crippen LogP contribution in [0.3, 0.4) is 0 Å². The Morgan fingerprint density at radius 1 is 0.692 bits per heavy atom. The molecule has 0 heterocycles. The van der Waals surface area contributed by atoms with E-state index in [2.05, 4.69) is 41.9 Å². The van der Waals surface area contributed by atoms with Crippen molar-refractivity contribution in [2.24, 2.45) is 0 Å². The van der Waals surface area contributed by atoms with Crippen LogP contribution in [0.25, 0.3) is 0 Å². The van der Waals surface area contributed by atoms with Crippen molar-refractivity contribution in [1.29, 1.82) is 0 Å². The molecule has 8 nitrogen and oxygen atoms in total. The van der Waals surface area contributed by atoms with Gasteiger partial charge in [-0.05, 0) is 91.9 Å². The lowest BCUT2D eigenvalue weighted by Crippen LogP contribution is -2.38. The van der Waals surface area contributed by atoms with Crippen LogP contribution in [0.2, 0.25) is 0 Å². The van der Waals surface area contributed by atoms with E-state index >= 15 is 0 Å². The van der Waals surface area contributed by atoms with Crippen LogP contribution >= 0.6 is 31.9 Å². The SMILES string of the molecule is Cc1ccc(S(=O)(=O)N(CC(=O)Nc2ccc(S(=O)(=O)Nc3ccc(Br)cc3)cc2)c2ccc(Br)cc2)cc1. The van der Waals surface area contributed by atoms with E-state index in [0.29, 0.717) is 17.1 Å². The fourth-order valence-electron chi connectivity index (χ4n) is 3.54. The van der Waals surface area contributed by atoms with Gasteiger partial charge in [-0.2, -0.15) is 0 Å². The van der Waals surface area contributed by atoms with Crippen molar-refractivity contribution in [1.82, 2.24) is 0 Å². The third-order valence-corrected chi connectivity index (χ3v) is 9.80. The topological polar surface area (TPSA) is 113 Å². The number of carbonyl (C=O) groups excluding carboxylic acids is 1. The lowest BCUT2D eigenvalue weighted by Gasteiger charge is -2.24. The highest BCUT2D eigenvalue weighted by Gasteiger charge is 2.27. The van der Waals surface area contributed by atoms with Crippen molar-refractivity contribution in [3.63, 3.8) is 0 Å². The Morgan fingerprint density at radius 3 is 1.74 bits per heavy atom. The summed E-state index contributed by atoms with van der Waals surface area (Å²) < 4.78 is 57.5. The number of nitrogens with zero attached hydrogens (tertiary/aromatic N) is 1. The third kappa shape index (κ3) is 7.27. The zero-order valence-electron chi connectivity index (χ0n) is 20.5. The first kappa shape index (κ1) is 28.8. The van der Waals surface area contributed by atoms with E-state index in [1.165, 1.54) is 36.4 Å². The molecule has 0 saturated heterocycles. The molecule has 0 saturated carbocycles. The van der Waals surface area contributed by atoms with Crippen molar-refractivity contribution in [2.45, 2.75) is 16.7 Å². The molecule has 4 aromatic rings. The summed E-state index contributed by atoms with van der Waals surface area (Å²) in [4.78, 5) is 13.0. The number of aryl methyl sites for hydroxylation is 1. The summed E-state index contributed by atoms with van der Waals surface area (Å²) in [6.07, 6.45) is 0. The van der Waals surface area contributed by atoms with Crippen LogP contribution in [0, 0.1) is 6.92 Å². The van der Waals surface area contributed by atoms with Gasteiger partial charge in [0.1, 0.15) is 6.54 Å². The zero-order chi connectivity index (χ0) is 28.2. The van der Waals surface area contributed by atoms with Crippen molar-refractivity contribution in [3.8, 4) is 0 Å². The molecule has 0 aromatic heterocycles. The van der Waals surface area contributed by atoms with Crippen LogP contribution in [-0.2, 0) is 24.8 Å². The van der Waals surface area contributed by atoms with E-state index in [4.69, 9.17) is 0 Å². The maximum Gasteiger partial charge on any atom is 0.264 e. The summed E-state index contributed by atoms with van der Waals surface area (Å²) >= 11 is 6.64. The summed E-state index contributed by atoms with van der Waals surface area (Å²) in [6.45, 7) is 1.35. The number of halogens is 2. The highest BCUT2D eigenvalue weighted by atomic mass is 79.9. The maximum atomic E-state index is 13.5. The predicted octanol–water partition coefficient (Wildman–Crippen LogP) is 6.15. The van der Waals surface area contributed by atoms with Gasteiger partial charge >= 0.3 is 0 Å². The number of carbonyl (C=O) groups is 1. The minimum Gasteiger partial charge on any atom is -0.325 e. The summed E-state index contributed by atoms with van der Waals surface area (Å²) in [5, 5.41) is 2.65. The van der Waals surface area contributed by atoms with Gasteiger partial charge in [-0.1, -0.05) is 49.6 Å². The Morgan fingerprint density at radius 2 is 1.18 bits per heavy atom. The Labute approximate surface area is 244 Å². The number of benzene rings is 4. The highest BCUT2D eigenvalue weighted by molar-refractivity contribution is 9.10. The smallest absolute Gasteiger partial charge is 0.264 e. The van der Waals surface area contributed by atoms with Crippen molar-refractivity contribution >= 4 is 74.9 Å². The molecule has 0 atom stereocenters. The van der Waals surface area contributed by atoms with E-state index in [1.807, 2.05) is 6.92 Å². The quantitative estimate of drug-likeness (QED) is 0.218. The Kier molecular flexibility index (Phi) is 8.80. The summed E-state index contributed by atoms with van der Waals surface area (Å²) in [6, 6.07) is 25.2. The van der Waals surface area contributed by atoms with Gasteiger partial charge in [-0.15, -0.1) is 0 Å². The van der Waals surface area contributed by atoms with Crippen molar-refractivity contribution in [2.75, 3.05) is 20.9 Å². The molecule has 0 aliphatic carbocycles. The fraction of sp³-hybridized carbons (Fsp3) is 0.0741. The number of sulfonamides is 2. The van der Waals surface area contributed by atoms with E-state index in [0.717, 1.165) is 18.8 Å². The van der Waals surface area contributed by atoms with Gasteiger partial charge in [0.05, 0.1) is 15.5 Å². The molecule has 0 aliphatic rings. The maximum absolute atomic E-state index is 13.5. The number of amides is 1. The molecule has 0 aliphatic heterocycles. The minimum atomic E-state index is -4.06. The first-order valence-corrected chi connectivity index (χ1v) is 16.0. The molecule has 1 amide bonds. The second-order valence-electron chi connectivity index (χ2n) is 8.49. The van der Waals surface area contributed by atoms with E-state index in [1.54, 1.807) is 60.7 Å². The lowest BCUT2D eigenvalue weighted by molar-refractivity contribution is -0.114. The third-order valence-electron chi connectivity index (χ3n) is 5.56. The van der Waals surface area contributed by atoms with E-state index in [-0.39, 0.29) is 9.79 Å². The van der Waals surface area contributed by atoms with E-state index in [9.17, 15) is 21.6 Å². The average Bonchev–Trinajstić information content (AvgIpc) is 2.90. The van der Waals surface area contributed by atoms with Gasteiger partial charge in [0, 0.05) is 20.3 Å². The molecule has 4 aromatic carbocycles. The largest absolute Gasteiger partial charge is 0.325 e. The second kappa shape index (κ2) is 11.9. The van der Waals surface area contributed by atoms with Gasteiger partial charge < -0.3 is 5.32 Å². The molecule has 2 N–H and O–H groups in total. The van der Waals surface area contributed by atoms with Crippen LogP contribution in [0.1, 0.15) is 5.56 Å². The monoisotopic (exact) mass is 691 g/mol. The van der Waals surface area contributed by atoms with Gasteiger partial charge in [-0.3, -0.25) is 13.8 Å². The normalized spacial score (nSPS) is 11.6. The summed E-state index contributed by atoms with van der Waals surface area (Å²) in [7, 11) is -7.92. The van der Waals surface area contributed by atoms with Crippen molar-refractivity contribution in [3.05, 3.63) is 112 Å². The average molecular weight is 693 g/mol. The number of rotatable bonds is 9. The molecule has 0 fully saturated rings. The standard InChI is InChI=1S/C27H23Br2N3O5S2/c1-19-2-14-26(15-3-19)39(36,37)32(24-12-6-21(29)7-13-24)18-27(33)30-22-10-16-25(17-11-22)38(34,35)31-23-8-4-20(28)5-9-23/h2-17,31H,18H2,1H3,(H,30,33). The van der Waals surface area contributed by atoms with Crippen LogP contribution < -0.4 is 14.3 Å². The van der Waals surface area contributed by atoms with Gasteiger partial charge in [0.25, 0.3) is 20.0 Å². The Balaban J connectivity index is 1.52. The molecule has 0 spiro atoms. The number of hydrogen-bond donors (Lipinski definition) is 2. The first-order valence-electron chi connectivity index (χ1n) is 11.5. The fourth-order valence-corrected chi connectivity index (χ4v) is 6.55. The van der Waals surface area contributed by atoms with E-state index < -0.39 is 32.5 Å². The number of hydrogen-bond acceptors (Lipinski definition) is 5. The molecule has 4 rings (SSSR count). The molecule has 202 valence electrons. The lowest BCUT2D eigenvalue weighted by atomic mass is 10.2.